The molecule has 35 heavy (non-hydrogen) atoms. The minimum atomic E-state index is -0.532. The number of hydrogen-bond acceptors (Lipinski definition) is 5. The number of para-hydroxylation sites is 2. The number of carbonyl (C=O) groups is 3. The summed E-state index contributed by atoms with van der Waals surface area (Å²) in [5.74, 6) is -0.468. The van der Waals surface area contributed by atoms with Gasteiger partial charge in [-0.15, -0.1) is 0 Å². The van der Waals surface area contributed by atoms with E-state index in [-0.39, 0.29) is 18.1 Å². The van der Waals surface area contributed by atoms with E-state index in [1.807, 2.05) is 19.1 Å². The fourth-order valence-electron chi connectivity index (χ4n) is 3.35. The molecule has 0 unspecified atom stereocenters. The van der Waals surface area contributed by atoms with Crippen LogP contribution in [0.25, 0.3) is 6.08 Å². The zero-order chi connectivity index (χ0) is 24.9. The summed E-state index contributed by atoms with van der Waals surface area (Å²) in [4.78, 5) is 39.0. The Balaban J connectivity index is 1.46. The van der Waals surface area contributed by atoms with Crippen molar-refractivity contribution in [1.29, 1.82) is 0 Å². The van der Waals surface area contributed by atoms with Gasteiger partial charge in [0.2, 0.25) is 5.91 Å². The quantitative estimate of drug-likeness (QED) is 0.353. The molecule has 178 valence electrons. The number of carbonyl (C=O) groups excluding carboxylic acids is 3. The molecule has 0 saturated carbocycles. The zero-order valence-electron chi connectivity index (χ0n) is 18.6. The number of rotatable bonds is 7. The van der Waals surface area contributed by atoms with Crippen molar-refractivity contribution in [2.45, 2.75) is 13.5 Å². The maximum Gasteiger partial charge on any atom is 0.294 e. The lowest BCUT2D eigenvalue weighted by molar-refractivity contribution is -0.127. The highest BCUT2D eigenvalue weighted by atomic mass is 35.5. The average Bonchev–Trinajstić information content (AvgIpc) is 3.08. The molecule has 0 bridgehead atoms. The number of nitrogens with one attached hydrogen (secondary N) is 1. The molecular weight excluding hydrogens is 507 g/mol. The Kier molecular flexibility index (Phi) is 7.80. The Labute approximate surface area is 216 Å². The molecule has 3 aromatic rings. The summed E-state index contributed by atoms with van der Waals surface area (Å²) in [6, 6.07) is 19.6. The molecule has 0 aliphatic carbocycles. The van der Waals surface area contributed by atoms with E-state index >= 15 is 0 Å². The van der Waals surface area contributed by atoms with E-state index in [0.29, 0.717) is 27.0 Å². The van der Waals surface area contributed by atoms with Gasteiger partial charge >= 0.3 is 0 Å². The second-order valence-electron chi connectivity index (χ2n) is 7.69. The van der Waals surface area contributed by atoms with Crippen LogP contribution in [0.15, 0.2) is 71.6 Å². The van der Waals surface area contributed by atoms with Crippen molar-refractivity contribution in [3.05, 3.63) is 98.4 Å². The smallest absolute Gasteiger partial charge is 0.294 e. The largest absolute Gasteiger partial charge is 0.488 e. The van der Waals surface area contributed by atoms with Gasteiger partial charge in [0.05, 0.1) is 4.91 Å². The predicted molar refractivity (Wildman–Crippen MR) is 140 cm³/mol. The molecule has 0 radical (unpaired) electrons. The number of anilines is 1. The third-order valence-electron chi connectivity index (χ3n) is 5.20. The summed E-state index contributed by atoms with van der Waals surface area (Å²) in [6.45, 7) is 1.68. The molecule has 9 heteroatoms. The van der Waals surface area contributed by atoms with Crippen molar-refractivity contribution in [3.8, 4) is 5.75 Å². The predicted octanol–water partition coefficient (Wildman–Crippen LogP) is 6.56. The van der Waals surface area contributed by atoms with Crippen molar-refractivity contribution in [2.24, 2.45) is 0 Å². The molecule has 1 aliphatic heterocycles. The molecule has 1 aliphatic rings. The summed E-state index contributed by atoms with van der Waals surface area (Å²) >= 11 is 13.0. The standard InChI is InChI=1S/C26H20Cl2N2O4S/c1-16-6-2-4-8-21(16)29-24(31)14-30-25(32)23(35-26(30)33)12-17-7-3-5-9-22(17)34-15-18-10-11-19(27)13-20(18)28/h2-13H,14-15H2,1H3,(H,29,31)/b23-12+. The molecular formula is C26H20Cl2N2O4S. The van der Waals surface area contributed by atoms with Crippen LogP contribution < -0.4 is 10.1 Å². The van der Waals surface area contributed by atoms with Crippen LogP contribution in [-0.2, 0) is 16.2 Å². The second kappa shape index (κ2) is 11.0. The van der Waals surface area contributed by atoms with E-state index in [4.69, 9.17) is 27.9 Å². The number of imide groups is 1. The van der Waals surface area contributed by atoms with Gasteiger partial charge in [0, 0.05) is 26.9 Å². The van der Waals surface area contributed by atoms with Crippen LogP contribution in [0, 0.1) is 6.92 Å². The SMILES string of the molecule is Cc1ccccc1NC(=O)CN1C(=O)S/C(=C/c2ccccc2OCc2ccc(Cl)cc2Cl)C1=O. The monoisotopic (exact) mass is 526 g/mol. The van der Waals surface area contributed by atoms with Crippen LogP contribution in [0.4, 0.5) is 10.5 Å². The first kappa shape index (κ1) is 24.9. The minimum Gasteiger partial charge on any atom is -0.488 e. The lowest BCUT2D eigenvalue weighted by Crippen LogP contribution is -2.36. The molecule has 1 fully saturated rings. The average molecular weight is 527 g/mol. The van der Waals surface area contributed by atoms with Crippen LogP contribution in [0.3, 0.4) is 0 Å². The first-order valence-corrected chi connectivity index (χ1v) is 12.2. The number of nitrogens with zero attached hydrogens (tertiary/aromatic N) is 1. The third kappa shape index (κ3) is 6.06. The Hall–Kier alpha value is -3.26. The molecule has 4 rings (SSSR count). The summed E-state index contributed by atoms with van der Waals surface area (Å²) in [6.07, 6.45) is 1.59. The van der Waals surface area contributed by atoms with Crippen molar-refractivity contribution in [3.63, 3.8) is 0 Å². The molecule has 3 amide bonds. The van der Waals surface area contributed by atoms with Gasteiger partial charge in [0.1, 0.15) is 18.9 Å². The zero-order valence-corrected chi connectivity index (χ0v) is 20.9. The van der Waals surface area contributed by atoms with E-state index in [0.717, 1.165) is 27.8 Å². The maximum absolute atomic E-state index is 12.9. The normalized spacial score (nSPS) is 14.5. The van der Waals surface area contributed by atoms with Gasteiger partial charge in [0.15, 0.2) is 0 Å². The molecule has 0 spiro atoms. The van der Waals surface area contributed by atoms with Crippen LogP contribution in [0.2, 0.25) is 10.0 Å². The van der Waals surface area contributed by atoms with Gasteiger partial charge < -0.3 is 10.1 Å². The lowest BCUT2D eigenvalue weighted by atomic mass is 10.1. The Morgan fingerprint density at radius 2 is 1.80 bits per heavy atom. The number of amides is 3. The first-order valence-electron chi connectivity index (χ1n) is 10.6. The van der Waals surface area contributed by atoms with E-state index in [1.165, 1.54) is 0 Å². The lowest BCUT2D eigenvalue weighted by Gasteiger charge is -2.13. The first-order chi connectivity index (χ1) is 16.8. The summed E-state index contributed by atoms with van der Waals surface area (Å²) in [7, 11) is 0. The summed E-state index contributed by atoms with van der Waals surface area (Å²) in [5.41, 5.74) is 2.89. The van der Waals surface area contributed by atoms with Crippen molar-refractivity contribution < 1.29 is 19.1 Å². The molecule has 0 aromatic heterocycles. The molecule has 1 N–H and O–H groups in total. The van der Waals surface area contributed by atoms with E-state index in [1.54, 1.807) is 60.7 Å². The Morgan fingerprint density at radius 3 is 2.57 bits per heavy atom. The number of thioether (sulfide) groups is 1. The number of aryl methyl sites for hydroxylation is 1. The number of halogens is 2. The van der Waals surface area contributed by atoms with Gasteiger partial charge in [0.25, 0.3) is 11.1 Å². The number of hydrogen-bond donors (Lipinski definition) is 1. The Morgan fingerprint density at radius 1 is 1.06 bits per heavy atom. The van der Waals surface area contributed by atoms with Gasteiger partial charge in [-0.25, -0.2) is 0 Å². The van der Waals surface area contributed by atoms with E-state index in [9.17, 15) is 14.4 Å². The van der Waals surface area contributed by atoms with Crippen molar-refractivity contribution >= 4 is 63.8 Å². The molecule has 0 atom stereocenters. The fourth-order valence-corrected chi connectivity index (χ4v) is 4.64. The topological polar surface area (TPSA) is 75.7 Å². The van der Waals surface area contributed by atoms with Gasteiger partial charge in [-0.1, -0.05) is 65.7 Å². The second-order valence-corrected chi connectivity index (χ2v) is 9.53. The number of benzene rings is 3. The van der Waals surface area contributed by atoms with Gasteiger partial charge in [-0.3, -0.25) is 19.3 Å². The van der Waals surface area contributed by atoms with Crippen LogP contribution in [-0.4, -0.2) is 28.5 Å². The van der Waals surface area contributed by atoms with Crippen LogP contribution in [0.1, 0.15) is 16.7 Å². The highest BCUT2D eigenvalue weighted by Crippen LogP contribution is 2.34. The summed E-state index contributed by atoms with van der Waals surface area (Å²) < 4.78 is 5.93. The molecule has 1 saturated heterocycles. The third-order valence-corrected chi connectivity index (χ3v) is 6.69. The highest BCUT2D eigenvalue weighted by Gasteiger charge is 2.36. The minimum absolute atomic E-state index is 0.196. The Bertz CT molecular complexity index is 1340. The number of ether oxygens (including phenoxy) is 1. The van der Waals surface area contributed by atoms with Crippen molar-refractivity contribution in [2.75, 3.05) is 11.9 Å². The van der Waals surface area contributed by atoms with Gasteiger partial charge in [-0.05, 0) is 54.6 Å². The maximum atomic E-state index is 12.9. The van der Waals surface area contributed by atoms with Gasteiger partial charge in [-0.2, -0.15) is 0 Å². The highest BCUT2D eigenvalue weighted by molar-refractivity contribution is 8.18. The fraction of sp³-hybridized carbons (Fsp3) is 0.115. The van der Waals surface area contributed by atoms with E-state index < -0.39 is 17.1 Å². The van der Waals surface area contributed by atoms with Crippen LogP contribution >= 0.6 is 35.0 Å². The van der Waals surface area contributed by atoms with E-state index in [2.05, 4.69) is 5.32 Å². The van der Waals surface area contributed by atoms with Crippen molar-refractivity contribution in [1.82, 2.24) is 4.90 Å². The molecule has 1 heterocycles. The summed E-state index contributed by atoms with van der Waals surface area (Å²) in [5, 5.41) is 3.25. The van der Waals surface area contributed by atoms with Crippen LogP contribution in [0.5, 0.6) is 5.75 Å². The molecule has 6 nitrogen and oxygen atoms in total. The molecule has 3 aromatic carbocycles.